The van der Waals surface area contributed by atoms with Crippen LogP contribution >= 0.6 is 0 Å². The van der Waals surface area contributed by atoms with Crippen molar-refractivity contribution in [3.8, 4) is 11.1 Å². The zero-order chi connectivity index (χ0) is 23.7. The number of hydrogen-bond acceptors (Lipinski definition) is 7. The normalized spacial score (nSPS) is 15.2. The molecule has 3 N–H and O–H groups in total. The average Bonchev–Trinajstić information content (AvgIpc) is 3.43. The smallest absolute Gasteiger partial charge is 0.412 e. The number of carboxylic acid groups (broad SMARTS) is 1. The molecule has 1 aromatic heterocycles. The number of nitrogens with zero attached hydrogens (tertiary/aromatic N) is 2. The highest BCUT2D eigenvalue weighted by molar-refractivity contribution is 6.01. The number of hydrogen-bond donors (Lipinski definition) is 3. The first kappa shape index (κ1) is 21.6. The van der Waals surface area contributed by atoms with Crippen molar-refractivity contribution in [2.45, 2.75) is 31.2 Å². The van der Waals surface area contributed by atoms with E-state index in [1.54, 1.807) is 0 Å². The lowest BCUT2D eigenvalue weighted by atomic mass is 9.98. The molecule has 0 spiro atoms. The number of rotatable bonds is 8. The van der Waals surface area contributed by atoms with Gasteiger partial charge in [0.05, 0.1) is 0 Å². The Balaban J connectivity index is 1.23. The Morgan fingerprint density at radius 2 is 1.68 bits per heavy atom. The molecule has 0 unspecified atom stereocenters. The van der Waals surface area contributed by atoms with E-state index in [2.05, 4.69) is 25.6 Å². The van der Waals surface area contributed by atoms with Crippen LogP contribution in [0, 0.1) is 5.92 Å². The van der Waals surface area contributed by atoms with E-state index in [1.165, 1.54) is 0 Å². The second-order valence-electron chi connectivity index (χ2n) is 8.46. The number of amides is 2. The summed E-state index contributed by atoms with van der Waals surface area (Å²) in [5, 5.41) is 21.2. The van der Waals surface area contributed by atoms with Gasteiger partial charge < -0.3 is 15.2 Å². The fourth-order valence-corrected chi connectivity index (χ4v) is 4.29. The van der Waals surface area contributed by atoms with Gasteiger partial charge in [0.2, 0.25) is 11.5 Å². The third-order valence-corrected chi connectivity index (χ3v) is 6.14. The van der Waals surface area contributed by atoms with Crippen LogP contribution in [0.4, 0.5) is 10.6 Å². The fourth-order valence-electron chi connectivity index (χ4n) is 4.29. The van der Waals surface area contributed by atoms with E-state index in [1.807, 2.05) is 48.5 Å². The van der Waals surface area contributed by atoms with Gasteiger partial charge in [-0.1, -0.05) is 61.4 Å². The standard InChI is InChI=1S/C24H22N4O6/c29-22(25-19(23(30)31)11-13-9-10-13)20-21(28-34-27-20)26-24(32)33-12-18-16-7-3-1-5-14(16)15-6-2-4-8-17(15)18/h1-8,13,18-19H,9-12H2,(H,25,29)(H,30,31)(H,26,28,32)/t19-/m0/s1. The summed E-state index contributed by atoms with van der Waals surface area (Å²) in [7, 11) is 0. The van der Waals surface area contributed by atoms with Crippen LogP contribution in [0.1, 0.15) is 46.8 Å². The monoisotopic (exact) mass is 462 g/mol. The largest absolute Gasteiger partial charge is 0.480 e. The first-order chi connectivity index (χ1) is 16.5. The first-order valence-electron chi connectivity index (χ1n) is 11.0. The number of aliphatic carboxylic acids is 1. The summed E-state index contributed by atoms with van der Waals surface area (Å²) in [5.41, 5.74) is 4.01. The van der Waals surface area contributed by atoms with E-state index < -0.39 is 24.0 Å². The Hall–Kier alpha value is -4.21. The molecule has 2 aromatic carbocycles. The van der Waals surface area contributed by atoms with Crippen molar-refractivity contribution >= 4 is 23.8 Å². The van der Waals surface area contributed by atoms with E-state index >= 15 is 0 Å². The second-order valence-corrected chi connectivity index (χ2v) is 8.46. The maximum Gasteiger partial charge on any atom is 0.412 e. The minimum atomic E-state index is -1.14. The predicted molar refractivity (Wildman–Crippen MR) is 119 cm³/mol. The van der Waals surface area contributed by atoms with E-state index in [-0.39, 0.29) is 30.0 Å². The highest BCUT2D eigenvalue weighted by Gasteiger charge is 2.33. The number of benzene rings is 2. The molecule has 1 heterocycles. The van der Waals surface area contributed by atoms with Gasteiger partial charge in [0, 0.05) is 5.92 Å². The molecular formula is C24H22N4O6. The topological polar surface area (TPSA) is 144 Å². The molecule has 174 valence electrons. The van der Waals surface area contributed by atoms with Crippen LogP contribution in [-0.4, -0.2) is 46.0 Å². The minimum Gasteiger partial charge on any atom is -0.480 e. The van der Waals surface area contributed by atoms with Crippen LogP contribution in [0.2, 0.25) is 0 Å². The van der Waals surface area contributed by atoms with Gasteiger partial charge in [-0.05, 0) is 44.9 Å². The molecule has 2 aliphatic carbocycles. The van der Waals surface area contributed by atoms with Crippen LogP contribution in [0.25, 0.3) is 11.1 Å². The summed E-state index contributed by atoms with van der Waals surface area (Å²) in [4.78, 5) is 36.5. The zero-order valence-corrected chi connectivity index (χ0v) is 18.1. The molecule has 0 bridgehead atoms. The van der Waals surface area contributed by atoms with Gasteiger partial charge in [0.1, 0.15) is 12.6 Å². The van der Waals surface area contributed by atoms with E-state index in [4.69, 9.17) is 4.74 Å². The fraction of sp³-hybridized carbons (Fsp3) is 0.292. The summed E-state index contributed by atoms with van der Waals surface area (Å²) in [6.07, 6.45) is 1.39. The van der Waals surface area contributed by atoms with Crippen LogP contribution in [0.3, 0.4) is 0 Å². The number of carbonyl (C=O) groups excluding carboxylic acids is 2. The lowest BCUT2D eigenvalue weighted by Crippen LogP contribution is -2.41. The Kier molecular flexibility index (Phi) is 5.70. The number of anilines is 1. The quantitative estimate of drug-likeness (QED) is 0.462. The molecular weight excluding hydrogens is 440 g/mol. The maximum atomic E-state index is 12.5. The summed E-state index contributed by atoms with van der Waals surface area (Å²) >= 11 is 0. The minimum absolute atomic E-state index is 0.0785. The maximum absolute atomic E-state index is 12.5. The third-order valence-electron chi connectivity index (χ3n) is 6.14. The van der Waals surface area contributed by atoms with Crippen molar-refractivity contribution in [2.24, 2.45) is 5.92 Å². The molecule has 10 heteroatoms. The highest BCUT2D eigenvalue weighted by atomic mass is 16.6. The molecule has 0 radical (unpaired) electrons. The van der Waals surface area contributed by atoms with Crippen molar-refractivity contribution < 1.29 is 28.9 Å². The molecule has 1 saturated carbocycles. The second kappa shape index (κ2) is 8.97. The van der Waals surface area contributed by atoms with Gasteiger partial charge in [0.25, 0.3) is 5.91 Å². The number of nitrogens with one attached hydrogen (secondary N) is 2. The summed E-state index contributed by atoms with van der Waals surface area (Å²) < 4.78 is 10.0. The Morgan fingerprint density at radius 1 is 1.03 bits per heavy atom. The Morgan fingerprint density at radius 3 is 2.29 bits per heavy atom. The van der Waals surface area contributed by atoms with Crippen LogP contribution in [0.15, 0.2) is 53.2 Å². The molecule has 10 nitrogen and oxygen atoms in total. The van der Waals surface area contributed by atoms with Crippen LogP contribution < -0.4 is 10.6 Å². The van der Waals surface area contributed by atoms with Gasteiger partial charge in [-0.2, -0.15) is 0 Å². The van der Waals surface area contributed by atoms with Crippen molar-refractivity contribution in [2.75, 3.05) is 11.9 Å². The van der Waals surface area contributed by atoms with Crippen molar-refractivity contribution in [3.63, 3.8) is 0 Å². The zero-order valence-electron chi connectivity index (χ0n) is 18.1. The van der Waals surface area contributed by atoms with Gasteiger partial charge >= 0.3 is 12.1 Å². The number of carbonyl (C=O) groups is 3. The van der Waals surface area contributed by atoms with Gasteiger partial charge in [-0.15, -0.1) is 0 Å². The number of ether oxygens (including phenoxy) is 1. The van der Waals surface area contributed by atoms with E-state index in [0.29, 0.717) is 6.42 Å². The van der Waals surface area contributed by atoms with Crippen LogP contribution in [0.5, 0.6) is 0 Å². The third kappa shape index (κ3) is 4.34. The molecule has 0 saturated heterocycles. The summed E-state index contributed by atoms with van der Waals surface area (Å²) in [5.74, 6) is -2.03. The molecule has 3 aromatic rings. The SMILES string of the molecule is O=C(Nc1nonc1C(=O)N[C@@H](CC1CC1)C(=O)O)OCC1c2ccccc2-c2ccccc21. The molecule has 2 aliphatic rings. The molecule has 2 amide bonds. The number of carboxylic acids is 1. The predicted octanol–water partition coefficient (Wildman–Crippen LogP) is 3.41. The number of fused-ring (bicyclic) bond motifs is 3. The van der Waals surface area contributed by atoms with E-state index in [9.17, 15) is 19.5 Å². The molecule has 1 fully saturated rings. The van der Waals surface area contributed by atoms with Gasteiger partial charge in [-0.3, -0.25) is 10.1 Å². The highest BCUT2D eigenvalue weighted by Crippen LogP contribution is 2.44. The van der Waals surface area contributed by atoms with E-state index in [0.717, 1.165) is 35.1 Å². The molecule has 5 rings (SSSR count). The lowest BCUT2D eigenvalue weighted by molar-refractivity contribution is -0.139. The number of aromatic nitrogens is 2. The molecule has 0 aliphatic heterocycles. The van der Waals surface area contributed by atoms with Crippen molar-refractivity contribution in [1.29, 1.82) is 0 Å². The average molecular weight is 462 g/mol. The molecule has 1 atom stereocenters. The summed E-state index contributed by atoms with van der Waals surface area (Å²) in [6.45, 7) is 0.0785. The Bertz CT molecular complexity index is 1210. The Labute approximate surface area is 194 Å². The lowest BCUT2D eigenvalue weighted by Gasteiger charge is -2.14. The van der Waals surface area contributed by atoms with Crippen molar-refractivity contribution in [3.05, 3.63) is 65.4 Å². The molecule has 34 heavy (non-hydrogen) atoms. The first-order valence-corrected chi connectivity index (χ1v) is 11.0. The van der Waals surface area contributed by atoms with Gasteiger partial charge in [0.15, 0.2) is 0 Å². The summed E-state index contributed by atoms with van der Waals surface area (Å²) in [6, 6.07) is 14.8. The van der Waals surface area contributed by atoms with Gasteiger partial charge in [-0.25, -0.2) is 14.2 Å². The van der Waals surface area contributed by atoms with Crippen LogP contribution in [-0.2, 0) is 9.53 Å². The van der Waals surface area contributed by atoms with Crippen molar-refractivity contribution in [1.82, 2.24) is 15.6 Å².